The van der Waals surface area contributed by atoms with Gasteiger partial charge in [-0.3, -0.25) is 23.4 Å². The summed E-state index contributed by atoms with van der Waals surface area (Å²) < 4.78 is 11.9. The molecule has 212 valence electrons. The molecule has 0 bridgehead atoms. The molecule has 1 aliphatic rings. The summed E-state index contributed by atoms with van der Waals surface area (Å²) in [5.74, 6) is -2.53. The molecule has 11 nitrogen and oxygen atoms in total. The van der Waals surface area contributed by atoms with Gasteiger partial charge in [-0.2, -0.15) is 0 Å². The van der Waals surface area contributed by atoms with Crippen LogP contribution in [0.15, 0.2) is 70.5 Å². The topological polar surface area (TPSA) is 160 Å². The van der Waals surface area contributed by atoms with Crippen LogP contribution in [0.3, 0.4) is 0 Å². The lowest BCUT2D eigenvalue weighted by atomic mass is 10.0. The third kappa shape index (κ3) is 5.82. The maximum absolute atomic E-state index is 12.9. The van der Waals surface area contributed by atoms with Gasteiger partial charge in [-0.15, -0.1) is 0 Å². The zero-order chi connectivity index (χ0) is 30.0. The molecule has 41 heavy (non-hydrogen) atoms. The number of nitrogens with one attached hydrogen (secondary N) is 2. The van der Waals surface area contributed by atoms with E-state index in [1.54, 1.807) is 36.8 Å². The minimum atomic E-state index is -0.680. The van der Waals surface area contributed by atoms with E-state index in [-0.39, 0.29) is 11.1 Å². The van der Waals surface area contributed by atoms with Crippen LogP contribution in [0.25, 0.3) is 11.1 Å². The third-order valence-corrected chi connectivity index (χ3v) is 6.47. The van der Waals surface area contributed by atoms with Crippen molar-refractivity contribution in [3.05, 3.63) is 104 Å². The molecule has 2 heterocycles. The molecule has 12 heteroatoms. The molecule has 0 radical (unpaired) electrons. The van der Waals surface area contributed by atoms with Crippen LogP contribution in [0.4, 0.5) is 11.4 Å². The molecule has 2 amide bonds. The first-order chi connectivity index (χ1) is 19.4. The van der Waals surface area contributed by atoms with E-state index in [2.05, 4.69) is 10.6 Å². The van der Waals surface area contributed by atoms with E-state index >= 15 is 0 Å². The Kier molecular flexibility index (Phi) is 8.24. The van der Waals surface area contributed by atoms with Crippen molar-refractivity contribution in [1.82, 2.24) is 9.13 Å². The van der Waals surface area contributed by atoms with Gasteiger partial charge in [0.2, 0.25) is 0 Å². The Labute approximate surface area is 237 Å². The first kappa shape index (κ1) is 29.0. The molecule has 0 atom stereocenters. The fraction of sp³-hybridized carbons (Fsp3) is 0.172. The lowest BCUT2D eigenvalue weighted by Crippen LogP contribution is -2.21. The van der Waals surface area contributed by atoms with Gasteiger partial charge in [-0.05, 0) is 46.5 Å². The summed E-state index contributed by atoms with van der Waals surface area (Å²) in [7, 11) is 2.33. The maximum Gasteiger partial charge on any atom is 0.293 e. The number of fused-ring (bicyclic) bond motifs is 3. The Hall–Kier alpha value is -4.97. The van der Waals surface area contributed by atoms with Crippen LogP contribution in [0, 0.1) is 0 Å². The van der Waals surface area contributed by atoms with Gasteiger partial charge in [-0.25, -0.2) is 0 Å². The summed E-state index contributed by atoms with van der Waals surface area (Å²) in [5, 5.41) is 25.9. The Bertz CT molecular complexity index is 1710. The highest BCUT2D eigenvalue weighted by Crippen LogP contribution is 2.43. The second-order valence-corrected chi connectivity index (χ2v) is 11.0. The number of rotatable bonds is 4. The van der Waals surface area contributed by atoms with Crippen LogP contribution in [-0.2, 0) is 31.3 Å². The largest absolute Gasteiger partial charge is 0.502 e. The molecule has 2 aromatic heterocycles. The average molecular weight is 577 g/mol. The Balaban J connectivity index is 0.000000909. The molecule has 0 aliphatic heterocycles. The van der Waals surface area contributed by atoms with Crippen LogP contribution in [0.2, 0.25) is 0 Å². The molecule has 5 rings (SSSR count). The van der Waals surface area contributed by atoms with Crippen molar-refractivity contribution in [3.63, 3.8) is 0 Å². The Morgan fingerprint density at radius 1 is 0.732 bits per heavy atom. The highest BCUT2D eigenvalue weighted by atomic mass is 32.2. The number of hydrogen-bond donors (Lipinski definition) is 4. The van der Waals surface area contributed by atoms with E-state index in [1.165, 1.54) is 47.8 Å². The quantitative estimate of drug-likeness (QED) is 0.256. The molecular formula is C29H28N4O7S. The van der Waals surface area contributed by atoms with Crippen molar-refractivity contribution in [1.29, 1.82) is 0 Å². The zero-order valence-corrected chi connectivity index (χ0v) is 23.5. The molecule has 4 aromatic rings. The van der Waals surface area contributed by atoms with E-state index in [4.69, 9.17) is 0 Å². The van der Waals surface area contributed by atoms with Gasteiger partial charge in [0.1, 0.15) is 0 Å². The molecule has 1 aliphatic carbocycles. The standard InChI is InChI=1S/C27H22N4O6.C2H6OS/c1-30-11-9-16(22(32)26(30)36)24(34)28-20-7-3-5-14-15-6-4-8-21(19(15)13-18(14)20)29-25(35)17-10-12-31(2)27(37)23(17)33;1-4(2)3/h3-12,32-33H,13H2,1-2H3,(H,28,34)(H,29,35);1-2H3. The number of anilines is 2. The number of aromatic nitrogens is 2. The summed E-state index contributed by atoms with van der Waals surface area (Å²) in [6.07, 6.45) is 6.46. The number of carbonyl (C=O) groups is 2. The van der Waals surface area contributed by atoms with E-state index in [9.17, 15) is 33.6 Å². The minimum Gasteiger partial charge on any atom is -0.502 e. The number of hydrogen-bond acceptors (Lipinski definition) is 7. The van der Waals surface area contributed by atoms with Crippen molar-refractivity contribution >= 4 is 34.0 Å². The maximum atomic E-state index is 12.9. The SMILES string of the molecule is CS(C)=O.Cn1ccc(C(=O)Nc2cccc3c2Cc2c(NC(=O)c4ccn(C)c(=O)c4O)cccc2-3)c(O)c1=O. The van der Waals surface area contributed by atoms with Gasteiger partial charge >= 0.3 is 0 Å². The third-order valence-electron chi connectivity index (χ3n) is 6.47. The highest BCUT2D eigenvalue weighted by Gasteiger charge is 2.26. The van der Waals surface area contributed by atoms with Crippen LogP contribution in [-0.4, -0.2) is 47.9 Å². The summed E-state index contributed by atoms with van der Waals surface area (Å²) in [6.45, 7) is 0. The van der Waals surface area contributed by atoms with E-state index in [0.29, 0.717) is 17.8 Å². The number of aromatic hydroxyl groups is 2. The monoisotopic (exact) mass is 576 g/mol. The van der Waals surface area contributed by atoms with Crippen LogP contribution < -0.4 is 21.8 Å². The fourth-order valence-corrected chi connectivity index (χ4v) is 4.45. The van der Waals surface area contributed by atoms with E-state index in [0.717, 1.165) is 22.3 Å². The summed E-state index contributed by atoms with van der Waals surface area (Å²) in [5.41, 5.74) is 2.67. The number of nitrogens with zero attached hydrogens (tertiary/aromatic N) is 2. The van der Waals surface area contributed by atoms with Crippen molar-refractivity contribution < 1.29 is 24.0 Å². The molecule has 0 saturated carbocycles. The van der Waals surface area contributed by atoms with Crippen molar-refractivity contribution in [2.24, 2.45) is 14.1 Å². The molecule has 2 aromatic carbocycles. The van der Waals surface area contributed by atoms with Gasteiger partial charge in [-0.1, -0.05) is 24.3 Å². The number of aryl methyl sites for hydroxylation is 2. The molecule has 4 N–H and O–H groups in total. The number of pyridine rings is 2. The predicted octanol–water partition coefficient (Wildman–Crippen LogP) is 2.57. The van der Waals surface area contributed by atoms with Gasteiger partial charge in [0.05, 0.1) is 11.1 Å². The smallest absolute Gasteiger partial charge is 0.293 e. The minimum absolute atomic E-state index is 0.141. The normalized spacial score (nSPS) is 11.2. The Morgan fingerprint density at radius 3 is 1.46 bits per heavy atom. The first-order valence-corrected chi connectivity index (χ1v) is 14.3. The predicted molar refractivity (Wildman–Crippen MR) is 157 cm³/mol. The van der Waals surface area contributed by atoms with Gasteiger partial charge < -0.3 is 30.0 Å². The summed E-state index contributed by atoms with van der Waals surface area (Å²) >= 11 is 0. The molecule has 0 unspecified atom stereocenters. The number of amides is 2. The molecule has 0 saturated heterocycles. The lowest BCUT2D eigenvalue weighted by molar-refractivity contribution is 0.101. The van der Waals surface area contributed by atoms with Crippen LogP contribution in [0.5, 0.6) is 11.5 Å². The Morgan fingerprint density at radius 2 is 1.10 bits per heavy atom. The first-order valence-electron chi connectivity index (χ1n) is 12.3. The van der Waals surface area contributed by atoms with Crippen molar-refractivity contribution in [2.45, 2.75) is 6.42 Å². The van der Waals surface area contributed by atoms with Gasteiger partial charge in [0.25, 0.3) is 22.9 Å². The fourth-order valence-electron chi connectivity index (χ4n) is 4.45. The summed E-state index contributed by atoms with van der Waals surface area (Å²) in [6, 6.07) is 13.5. The van der Waals surface area contributed by atoms with Crippen molar-refractivity contribution in [3.8, 4) is 22.6 Å². The highest BCUT2D eigenvalue weighted by molar-refractivity contribution is 7.83. The second kappa shape index (κ2) is 11.6. The average Bonchev–Trinajstić information content (AvgIpc) is 3.31. The zero-order valence-electron chi connectivity index (χ0n) is 22.7. The van der Waals surface area contributed by atoms with E-state index in [1.807, 2.05) is 12.1 Å². The molecular weight excluding hydrogens is 548 g/mol. The molecule has 0 spiro atoms. The van der Waals surface area contributed by atoms with Crippen LogP contribution >= 0.6 is 0 Å². The second-order valence-electron chi connectivity index (χ2n) is 9.48. The van der Waals surface area contributed by atoms with Crippen molar-refractivity contribution in [2.75, 3.05) is 23.1 Å². The number of benzene rings is 2. The van der Waals surface area contributed by atoms with Crippen LogP contribution in [0.1, 0.15) is 31.8 Å². The summed E-state index contributed by atoms with van der Waals surface area (Å²) in [4.78, 5) is 49.9. The van der Waals surface area contributed by atoms with Gasteiger partial charge in [0.15, 0.2) is 11.5 Å². The lowest BCUT2D eigenvalue weighted by Gasteiger charge is -2.12. The van der Waals surface area contributed by atoms with E-state index < -0.39 is 45.2 Å². The van der Waals surface area contributed by atoms with Gasteiger partial charge in [0, 0.05) is 67.6 Å². The molecule has 0 fully saturated rings. The number of carbonyl (C=O) groups excluding carboxylic acids is 2.